The third-order valence-electron chi connectivity index (χ3n) is 6.31. The van der Waals surface area contributed by atoms with Gasteiger partial charge in [0.1, 0.15) is 24.4 Å². The van der Waals surface area contributed by atoms with E-state index in [0.717, 1.165) is 27.6 Å². The van der Waals surface area contributed by atoms with Crippen molar-refractivity contribution in [1.82, 2.24) is 5.32 Å². The van der Waals surface area contributed by atoms with Gasteiger partial charge in [0.05, 0.1) is 24.3 Å². The number of nitriles is 1. The Morgan fingerprint density at radius 3 is 2.42 bits per heavy atom. The van der Waals surface area contributed by atoms with Gasteiger partial charge in [-0.2, -0.15) is 5.26 Å². The second-order valence-electron chi connectivity index (χ2n) is 8.67. The molecule has 0 aromatic heterocycles. The molecule has 7 heteroatoms. The average Bonchev–Trinajstić information content (AvgIpc) is 2.82. The van der Waals surface area contributed by atoms with Crippen LogP contribution < -0.4 is 10.2 Å². The number of allylic oxidation sites excluding steroid dienone is 3. The maximum Gasteiger partial charge on any atom is 0.110 e. The van der Waals surface area contributed by atoms with Crippen LogP contribution in [-0.2, 0) is 4.74 Å². The summed E-state index contributed by atoms with van der Waals surface area (Å²) in [6.07, 6.45) is -1.95. The molecule has 0 radical (unpaired) electrons. The number of hydrogen-bond donors (Lipinski definition) is 4. The van der Waals surface area contributed by atoms with Crippen LogP contribution in [0.4, 0.5) is 5.69 Å². The van der Waals surface area contributed by atoms with E-state index in [9.17, 15) is 20.6 Å². The van der Waals surface area contributed by atoms with Crippen molar-refractivity contribution in [3.05, 3.63) is 59.3 Å². The van der Waals surface area contributed by atoms with Crippen molar-refractivity contribution in [1.29, 1.82) is 5.26 Å². The first-order valence-corrected chi connectivity index (χ1v) is 11.1. The normalized spacial score (nSPS) is 26.5. The van der Waals surface area contributed by atoms with Crippen LogP contribution in [-0.4, -0.2) is 66.5 Å². The molecular weight excluding hydrogens is 418 g/mol. The molecule has 3 rings (SSSR count). The fourth-order valence-electron chi connectivity index (χ4n) is 4.22. The Hall–Kier alpha value is -2.89. The molecular formula is C26H33N3O4. The second kappa shape index (κ2) is 10.4. The van der Waals surface area contributed by atoms with Crippen molar-refractivity contribution < 1.29 is 20.1 Å². The molecule has 0 bridgehead atoms. The predicted molar refractivity (Wildman–Crippen MR) is 131 cm³/mol. The molecule has 1 fully saturated rings. The summed E-state index contributed by atoms with van der Waals surface area (Å²) in [6.45, 7) is 5.08. The Morgan fingerprint density at radius 1 is 1.15 bits per heavy atom. The van der Waals surface area contributed by atoms with Gasteiger partial charge in [-0.3, -0.25) is 0 Å². The highest BCUT2D eigenvalue weighted by molar-refractivity contribution is 5.89. The summed E-state index contributed by atoms with van der Waals surface area (Å²) < 4.78 is 5.66. The summed E-state index contributed by atoms with van der Waals surface area (Å²) in [6, 6.07) is 14.0. The third-order valence-corrected chi connectivity index (χ3v) is 6.31. The van der Waals surface area contributed by atoms with E-state index in [0.29, 0.717) is 11.3 Å². The molecule has 176 valence electrons. The smallest absolute Gasteiger partial charge is 0.110 e. The number of aliphatic hydroxyl groups is 3. The number of fused-ring (bicyclic) bond motifs is 1. The second-order valence-corrected chi connectivity index (χ2v) is 8.67. The van der Waals surface area contributed by atoms with Crippen LogP contribution >= 0.6 is 0 Å². The van der Waals surface area contributed by atoms with Crippen LogP contribution in [0, 0.1) is 11.3 Å². The number of rotatable bonds is 6. The molecule has 1 heterocycles. The molecule has 5 atom stereocenters. The molecule has 1 saturated heterocycles. The fraction of sp³-hybridized carbons (Fsp3) is 0.423. The van der Waals surface area contributed by atoms with Crippen molar-refractivity contribution in [2.45, 2.75) is 51.2 Å². The molecule has 2 unspecified atom stereocenters. The topological polar surface area (TPSA) is 109 Å². The minimum atomic E-state index is -1.23. The zero-order valence-corrected chi connectivity index (χ0v) is 19.8. The highest BCUT2D eigenvalue weighted by atomic mass is 16.5. The molecule has 2 aromatic carbocycles. The maximum absolute atomic E-state index is 10.6. The standard InChI is InChI=1S/C26H33N3O4/c1-6-22(28-24-16(3)33-23(14-30)25(31)26(24)32)21(13-27)15(2)17-7-8-19-12-20(29(4)5)10-9-18(19)11-17/h6-12,16,23-26,28,30-32H,14H2,1-5H3/b21-15+,22-6-/t16?,23-,24+,25?,26-/m1/s1. The first-order valence-electron chi connectivity index (χ1n) is 11.1. The molecule has 0 amide bonds. The number of nitrogens with one attached hydrogen (secondary N) is 1. The molecule has 1 aliphatic heterocycles. The van der Waals surface area contributed by atoms with Gasteiger partial charge in [0.25, 0.3) is 0 Å². The lowest BCUT2D eigenvalue weighted by atomic mass is 9.92. The van der Waals surface area contributed by atoms with Crippen LogP contribution in [0.1, 0.15) is 26.3 Å². The largest absolute Gasteiger partial charge is 0.394 e. The SMILES string of the molecule is C/C=C(N[C@H]1C(C)O[C@H](CO)C(O)[C@@H]1O)/C(C#N)=C(\C)c1ccc2cc(N(C)C)ccc2c1. The van der Waals surface area contributed by atoms with Crippen molar-refractivity contribution >= 4 is 22.0 Å². The number of aliphatic hydroxyl groups excluding tert-OH is 3. The van der Waals surface area contributed by atoms with Gasteiger partial charge in [0.2, 0.25) is 0 Å². The Balaban J connectivity index is 1.93. The summed E-state index contributed by atoms with van der Waals surface area (Å²) in [5, 5.41) is 45.6. The van der Waals surface area contributed by atoms with Crippen LogP contribution in [0.2, 0.25) is 0 Å². The van der Waals surface area contributed by atoms with Crippen molar-refractivity contribution in [3.63, 3.8) is 0 Å². The third kappa shape index (κ3) is 5.05. The van der Waals surface area contributed by atoms with Gasteiger partial charge in [-0.25, -0.2) is 0 Å². The lowest BCUT2D eigenvalue weighted by molar-refractivity contribution is -0.188. The van der Waals surface area contributed by atoms with Gasteiger partial charge in [0, 0.05) is 25.5 Å². The van der Waals surface area contributed by atoms with Gasteiger partial charge in [-0.1, -0.05) is 24.3 Å². The lowest BCUT2D eigenvalue weighted by Gasteiger charge is -2.42. The highest BCUT2D eigenvalue weighted by Crippen LogP contribution is 2.29. The van der Waals surface area contributed by atoms with E-state index in [4.69, 9.17) is 4.74 Å². The molecule has 0 saturated carbocycles. The predicted octanol–water partition coefficient (Wildman–Crippen LogP) is 2.57. The summed E-state index contributed by atoms with van der Waals surface area (Å²) >= 11 is 0. The van der Waals surface area contributed by atoms with E-state index in [1.165, 1.54) is 0 Å². The van der Waals surface area contributed by atoms with E-state index in [1.807, 2.05) is 40.1 Å². The van der Waals surface area contributed by atoms with E-state index in [-0.39, 0.29) is 6.61 Å². The first-order chi connectivity index (χ1) is 15.7. The Kier molecular flexibility index (Phi) is 7.77. The Bertz CT molecular complexity index is 1100. The van der Waals surface area contributed by atoms with Crippen LogP contribution in [0.15, 0.2) is 53.7 Å². The molecule has 7 nitrogen and oxygen atoms in total. The molecule has 1 aliphatic rings. The molecule has 2 aromatic rings. The maximum atomic E-state index is 10.6. The average molecular weight is 452 g/mol. The molecule has 0 aliphatic carbocycles. The van der Waals surface area contributed by atoms with Gasteiger partial charge in [0.15, 0.2) is 0 Å². The van der Waals surface area contributed by atoms with Gasteiger partial charge < -0.3 is 30.3 Å². The summed E-state index contributed by atoms with van der Waals surface area (Å²) in [4.78, 5) is 2.06. The van der Waals surface area contributed by atoms with Crippen LogP contribution in [0.5, 0.6) is 0 Å². The Labute approximate surface area is 195 Å². The number of benzene rings is 2. The number of ether oxygens (including phenoxy) is 1. The summed E-state index contributed by atoms with van der Waals surface area (Å²) in [5.74, 6) is 0. The zero-order chi connectivity index (χ0) is 24.3. The molecule has 4 N–H and O–H groups in total. The van der Waals surface area contributed by atoms with Crippen molar-refractivity contribution in [2.75, 3.05) is 25.6 Å². The van der Waals surface area contributed by atoms with Gasteiger partial charge >= 0.3 is 0 Å². The quantitative estimate of drug-likeness (QED) is 0.395. The van der Waals surface area contributed by atoms with Crippen LogP contribution in [0.25, 0.3) is 16.3 Å². The van der Waals surface area contributed by atoms with Gasteiger partial charge in [-0.15, -0.1) is 0 Å². The fourth-order valence-corrected chi connectivity index (χ4v) is 4.22. The summed E-state index contributed by atoms with van der Waals surface area (Å²) in [5.41, 5.74) is 3.83. The number of hydrogen-bond acceptors (Lipinski definition) is 7. The lowest BCUT2D eigenvalue weighted by Crippen LogP contribution is -2.62. The highest BCUT2D eigenvalue weighted by Gasteiger charge is 2.42. The minimum Gasteiger partial charge on any atom is -0.394 e. The zero-order valence-electron chi connectivity index (χ0n) is 19.8. The Morgan fingerprint density at radius 2 is 1.82 bits per heavy atom. The monoisotopic (exact) mass is 451 g/mol. The van der Waals surface area contributed by atoms with Gasteiger partial charge in [-0.05, 0) is 60.9 Å². The number of nitrogens with zero attached hydrogens (tertiary/aromatic N) is 2. The number of anilines is 1. The first kappa shape index (κ1) is 24.7. The van der Waals surface area contributed by atoms with Crippen LogP contribution in [0.3, 0.4) is 0 Å². The van der Waals surface area contributed by atoms with E-state index < -0.39 is 30.5 Å². The molecule has 0 spiro atoms. The van der Waals surface area contributed by atoms with Crippen molar-refractivity contribution in [3.8, 4) is 6.07 Å². The summed E-state index contributed by atoms with van der Waals surface area (Å²) in [7, 11) is 4.01. The molecule has 33 heavy (non-hydrogen) atoms. The van der Waals surface area contributed by atoms with E-state index in [2.05, 4.69) is 40.6 Å². The minimum absolute atomic E-state index is 0.383. The van der Waals surface area contributed by atoms with E-state index in [1.54, 1.807) is 13.0 Å². The van der Waals surface area contributed by atoms with E-state index >= 15 is 0 Å². The van der Waals surface area contributed by atoms with Crippen molar-refractivity contribution in [2.24, 2.45) is 0 Å².